The van der Waals surface area contributed by atoms with Crippen LogP contribution in [0.2, 0.25) is 0 Å². The third-order valence-electron chi connectivity index (χ3n) is 8.64. The summed E-state index contributed by atoms with van der Waals surface area (Å²) in [5, 5.41) is 4.39. The topological polar surface area (TPSA) is 77.4 Å². The van der Waals surface area contributed by atoms with E-state index in [0.29, 0.717) is 12.8 Å². The summed E-state index contributed by atoms with van der Waals surface area (Å²) in [7, 11) is -6.43. The Labute approximate surface area is 218 Å². The molecule has 10 heteroatoms. The van der Waals surface area contributed by atoms with Crippen molar-refractivity contribution in [1.82, 2.24) is 0 Å². The van der Waals surface area contributed by atoms with E-state index in [2.05, 4.69) is 60.7 Å². The molecule has 36 heavy (non-hydrogen) atoms. The Morgan fingerprint density at radius 1 is 0.778 bits per heavy atom. The van der Waals surface area contributed by atoms with Gasteiger partial charge in [0.25, 0.3) is 0 Å². The molecular formula is C26H27F4IO4S. The van der Waals surface area contributed by atoms with Gasteiger partial charge in [0.05, 0.1) is 6.10 Å². The SMILES string of the molecule is O=S(=O)([O-])C(F)(F)C(F)(F)C1CC2CC1C1C3CC(O)C(C3)C21.c1ccc([I+]c2ccccc2)cc1. The quantitative estimate of drug-likeness (QED) is 0.235. The van der Waals surface area contributed by atoms with Crippen LogP contribution in [0.5, 0.6) is 0 Å². The molecule has 196 valence electrons. The van der Waals surface area contributed by atoms with Gasteiger partial charge < -0.3 is 9.66 Å². The third kappa shape index (κ3) is 4.39. The molecule has 1 N–H and O–H groups in total. The summed E-state index contributed by atoms with van der Waals surface area (Å²) in [5.74, 6) is -7.46. The van der Waals surface area contributed by atoms with Gasteiger partial charge in [0.15, 0.2) is 17.3 Å². The summed E-state index contributed by atoms with van der Waals surface area (Å²) >= 11 is 0.0287. The van der Waals surface area contributed by atoms with Crippen LogP contribution in [0.1, 0.15) is 25.7 Å². The van der Waals surface area contributed by atoms with Crippen molar-refractivity contribution in [2.45, 2.75) is 43.0 Å². The van der Waals surface area contributed by atoms with E-state index in [1.807, 2.05) is 0 Å². The molecule has 2 aromatic rings. The van der Waals surface area contributed by atoms with E-state index in [9.17, 15) is 35.6 Å². The molecule has 8 unspecified atom stereocenters. The molecule has 0 spiro atoms. The Balaban J connectivity index is 0.000000174. The molecule has 2 aromatic carbocycles. The second kappa shape index (κ2) is 9.50. The van der Waals surface area contributed by atoms with E-state index in [0.717, 1.165) is 6.42 Å². The van der Waals surface area contributed by atoms with E-state index < -0.39 is 39.2 Å². The Morgan fingerprint density at radius 3 is 1.78 bits per heavy atom. The van der Waals surface area contributed by atoms with Crippen molar-refractivity contribution in [3.8, 4) is 0 Å². The van der Waals surface area contributed by atoms with Gasteiger partial charge in [0, 0.05) is 5.92 Å². The predicted molar refractivity (Wildman–Crippen MR) is 119 cm³/mol. The molecular weight excluding hydrogens is 611 g/mol. The van der Waals surface area contributed by atoms with Crippen molar-refractivity contribution >= 4 is 10.1 Å². The molecule has 4 saturated carbocycles. The van der Waals surface area contributed by atoms with Crippen molar-refractivity contribution in [3.63, 3.8) is 0 Å². The number of halogens is 5. The van der Waals surface area contributed by atoms with E-state index >= 15 is 0 Å². The number of aliphatic hydroxyl groups is 1. The maximum Gasteiger partial charge on any atom is 0.396 e. The molecule has 0 aliphatic heterocycles. The number of hydrogen-bond donors (Lipinski definition) is 1. The first-order chi connectivity index (χ1) is 16.9. The number of hydrogen-bond acceptors (Lipinski definition) is 4. The summed E-state index contributed by atoms with van der Waals surface area (Å²) in [6.07, 6.45) is 0.967. The van der Waals surface area contributed by atoms with Crippen LogP contribution in [0.4, 0.5) is 17.6 Å². The lowest BCUT2D eigenvalue weighted by molar-refractivity contribution is -0.597. The fourth-order valence-corrected chi connectivity index (χ4v) is 10.2. The van der Waals surface area contributed by atoms with Crippen LogP contribution in [0.15, 0.2) is 60.7 Å². The van der Waals surface area contributed by atoms with Crippen molar-refractivity contribution in [2.75, 3.05) is 0 Å². The maximum atomic E-state index is 14.3. The van der Waals surface area contributed by atoms with Crippen LogP contribution in [0.3, 0.4) is 0 Å². The van der Waals surface area contributed by atoms with E-state index in [-0.39, 0.29) is 57.2 Å². The van der Waals surface area contributed by atoms with Crippen LogP contribution >= 0.6 is 0 Å². The normalized spacial score (nSPS) is 34.8. The van der Waals surface area contributed by atoms with Gasteiger partial charge in [0.2, 0.25) is 0 Å². The number of fused-ring (bicyclic) bond motifs is 9. The highest BCUT2D eigenvalue weighted by Crippen LogP contribution is 2.71. The second-order valence-corrected chi connectivity index (χ2v) is 14.9. The molecule has 0 saturated heterocycles. The monoisotopic (exact) mass is 638 g/mol. The number of rotatable bonds is 5. The molecule has 4 aliphatic rings. The van der Waals surface area contributed by atoms with Gasteiger partial charge in [-0.05, 0) is 85.5 Å². The van der Waals surface area contributed by atoms with Gasteiger partial charge in [-0.2, -0.15) is 17.6 Å². The first kappa shape index (κ1) is 26.4. The summed E-state index contributed by atoms with van der Waals surface area (Å²) in [6.45, 7) is 0. The minimum atomic E-state index is -6.43. The van der Waals surface area contributed by atoms with E-state index in [4.69, 9.17) is 0 Å². The summed E-state index contributed by atoms with van der Waals surface area (Å²) in [5.41, 5.74) is 0. The average Bonchev–Trinajstić information content (AvgIpc) is 3.59. The Kier molecular flexibility index (Phi) is 6.96. The zero-order valence-electron chi connectivity index (χ0n) is 19.2. The van der Waals surface area contributed by atoms with Crippen molar-refractivity contribution in [1.29, 1.82) is 0 Å². The zero-order chi connectivity index (χ0) is 25.9. The van der Waals surface area contributed by atoms with Gasteiger partial charge in [-0.1, -0.05) is 36.4 Å². The predicted octanol–water partition coefficient (Wildman–Crippen LogP) is 1.86. The lowest BCUT2D eigenvalue weighted by Crippen LogP contribution is -3.61. The summed E-state index contributed by atoms with van der Waals surface area (Å²) in [6, 6.07) is 21.4. The van der Waals surface area contributed by atoms with Gasteiger partial charge in [-0.15, -0.1) is 0 Å². The van der Waals surface area contributed by atoms with Crippen molar-refractivity contribution in [3.05, 3.63) is 67.8 Å². The lowest BCUT2D eigenvalue weighted by atomic mass is 9.65. The van der Waals surface area contributed by atoms with Crippen LogP contribution in [0.25, 0.3) is 0 Å². The smallest absolute Gasteiger partial charge is 0.396 e. The van der Waals surface area contributed by atoms with Crippen LogP contribution in [-0.2, 0) is 10.1 Å². The minimum Gasteiger partial charge on any atom is -0.743 e. The molecule has 0 radical (unpaired) electrons. The molecule has 4 nitrogen and oxygen atoms in total. The van der Waals surface area contributed by atoms with E-state index in [1.165, 1.54) is 7.14 Å². The number of benzene rings is 2. The molecule has 6 rings (SSSR count). The second-order valence-electron chi connectivity index (χ2n) is 10.4. The molecule has 4 bridgehead atoms. The number of aliphatic hydroxyl groups excluding tert-OH is 1. The van der Waals surface area contributed by atoms with Gasteiger partial charge in [0.1, 0.15) is 0 Å². The Morgan fingerprint density at radius 2 is 1.25 bits per heavy atom. The average molecular weight is 638 g/mol. The molecule has 8 atom stereocenters. The molecule has 4 aliphatic carbocycles. The minimum absolute atomic E-state index is 0.0287. The highest BCUT2D eigenvalue weighted by atomic mass is 127. The lowest BCUT2D eigenvalue weighted by Gasteiger charge is -2.44. The first-order valence-electron chi connectivity index (χ1n) is 12.1. The molecule has 4 fully saturated rings. The van der Waals surface area contributed by atoms with Crippen LogP contribution in [-0.4, -0.2) is 35.4 Å². The van der Waals surface area contributed by atoms with Gasteiger partial charge >= 0.3 is 32.4 Å². The summed E-state index contributed by atoms with van der Waals surface area (Å²) in [4.78, 5) is 0. The van der Waals surface area contributed by atoms with E-state index in [1.54, 1.807) is 0 Å². The molecule has 0 amide bonds. The van der Waals surface area contributed by atoms with Gasteiger partial charge in [-0.25, -0.2) is 8.42 Å². The zero-order valence-corrected chi connectivity index (χ0v) is 22.2. The maximum absolute atomic E-state index is 14.3. The number of alkyl halides is 4. The molecule has 0 aromatic heterocycles. The fourth-order valence-electron chi connectivity index (χ4n) is 7.45. The highest BCUT2D eigenvalue weighted by Gasteiger charge is 2.74. The largest absolute Gasteiger partial charge is 0.743 e. The summed E-state index contributed by atoms with van der Waals surface area (Å²) < 4.78 is 90.6. The highest BCUT2D eigenvalue weighted by molar-refractivity contribution is 7.86. The first-order valence-corrected chi connectivity index (χ1v) is 15.6. The van der Waals surface area contributed by atoms with Crippen molar-refractivity contribution < 1.29 is 56.8 Å². The standard InChI is InChI=1S/C14H18F4O4S.C12H10I/c15-13(16,14(17,18)23(20,21)22)9-3-5-1-7(9)11-6-2-8(12(5)11)10(19)4-6;1-3-7-11(8-4-1)13-12-9-5-2-6-10-12/h5-12,19H,1-4H2,(H,20,21,22);1-10H/q;+1/p-1. The third-order valence-corrected chi connectivity index (χ3v) is 12.2. The van der Waals surface area contributed by atoms with Crippen LogP contribution < -0.4 is 21.2 Å². The molecule has 0 heterocycles. The van der Waals surface area contributed by atoms with Gasteiger partial charge in [-0.3, -0.25) is 0 Å². The van der Waals surface area contributed by atoms with Crippen LogP contribution in [0, 0.1) is 48.6 Å². The fraction of sp³-hybridized carbons (Fsp3) is 0.538. The Hall–Kier alpha value is -1.24. The van der Waals surface area contributed by atoms with Crippen molar-refractivity contribution in [2.24, 2.45) is 41.4 Å². The Bertz CT molecular complexity index is 1140.